The first-order valence-corrected chi connectivity index (χ1v) is 8.42. The fourth-order valence-corrected chi connectivity index (χ4v) is 2.27. The van der Waals surface area contributed by atoms with Gasteiger partial charge in [-0.3, -0.25) is 4.99 Å². The van der Waals surface area contributed by atoms with Crippen molar-refractivity contribution in [3.8, 4) is 5.75 Å². The molecule has 142 valence electrons. The van der Waals surface area contributed by atoms with Gasteiger partial charge in [-0.15, -0.1) is 24.0 Å². The lowest BCUT2D eigenvalue weighted by molar-refractivity contribution is 0.223. The summed E-state index contributed by atoms with van der Waals surface area (Å²) in [7, 11) is 1.71. The maximum Gasteiger partial charge on any atom is 0.191 e. The van der Waals surface area contributed by atoms with E-state index in [1.165, 1.54) is 12.1 Å². The SMILES string of the molecule is CN=C(NCCc1ccc(Cl)nc1)NCC(C)Oc1cccc(F)c1.I. The Morgan fingerprint density at radius 2 is 2.12 bits per heavy atom. The number of aromatic nitrogens is 1. The molecule has 1 heterocycles. The van der Waals surface area contributed by atoms with Crippen LogP contribution < -0.4 is 15.4 Å². The van der Waals surface area contributed by atoms with Gasteiger partial charge in [0.25, 0.3) is 0 Å². The van der Waals surface area contributed by atoms with Gasteiger partial charge in [0.15, 0.2) is 5.96 Å². The van der Waals surface area contributed by atoms with Gasteiger partial charge in [-0.25, -0.2) is 9.37 Å². The molecule has 0 bridgehead atoms. The standard InChI is InChI=1S/C18H22ClFN4O.HI/c1-13(25-16-5-3-4-15(20)10-16)11-24-18(21-2)22-9-8-14-6-7-17(19)23-12-14;/h3-7,10,12-13H,8-9,11H2,1-2H3,(H2,21,22,24);1H. The highest BCUT2D eigenvalue weighted by Crippen LogP contribution is 2.13. The number of benzene rings is 1. The highest BCUT2D eigenvalue weighted by Gasteiger charge is 2.06. The molecule has 0 saturated heterocycles. The van der Waals surface area contributed by atoms with Gasteiger partial charge in [0.1, 0.15) is 22.8 Å². The Morgan fingerprint density at radius 1 is 1.31 bits per heavy atom. The van der Waals surface area contributed by atoms with Crippen LogP contribution in [0.2, 0.25) is 5.15 Å². The molecular weight excluding hydrogens is 470 g/mol. The van der Waals surface area contributed by atoms with Crippen molar-refractivity contribution >= 4 is 41.5 Å². The molecule has 1 aromatic heterocycles. The molecule has 2 N–H and O–H groups in total. The van der Waals surface area contributed by atoms with Crippen LogP contribution in [0.25, 0.3) is 0 Å². The van der Waals surface area contributed by atoms with Crippen LogP contribution in [0, 0.1) is 5.82 Å². The summed E-state index contributed by atoms with van der Waals surface area (Å²) in [6.45, 7) is 3.16. The van der Waals surface area contributed by atoms with Gasteiger partial charge in [0, 0.05) is 25.9 Å². The van der Waals surface area contributed by atoms with Crippen LogP contribution in [0.5, 0.6) is 5.75 Å². The number of nitrogens with one attached hydrogen (secondary N) is 2. The number of rotatable bonds is 7. The lowest BCUT2D eigenvalue weighted by Crippen LogP contribution is -2.42. The van der Waals surface area contributed by atoms with Crippen LogP contribution in [0.1, 0.15) is 12.5 Å². The minimum absolute atomic E-state index is 0. The minimum Gasteiger partial charge on any atom is -0.489 e. The number of guanidine groups is 1. The van der Waals surface area contributed by atoms with Crippen LogP contribution in [0.4, 0.5) is 4.39 Å². The van der Waals surface area contributed by atoms with E-state index in [1.807, 2.05) is 13.0 Å². The molecule has 1 unspecified atom stereocenters. The van der Waals surface area contributed by atoms with E-state index < -0.39 is 0 Å². The molecule has 2 rings (SSSR count). The van der Waals surface area contributed by atoms with E-state index in [4.69, 9.17) is 16.3 Å². The van der Waals surface area contributed by atoms with E-state index in [0.29, 0.717) is 30.0 Å². The van der Waals surface area contributed by atoms with Crippen molar-refractivity contribution in [2.75, 3.05) is 20.1 Å². The molecule has 1 atom stereocenters. The molecule has 0 aliphatic rings. The molecule has 0 radical (unpaired) electrons. The number of hydrogen-bond acceptors (Lipinski definition) is 3. The number of pyridine rings is 1. The Bertz CT molecular complexity index is 700. The van der Waals surface area contributed by atoms with Gasteiger partial charge in [-0.05, 0) is 37.1 Å². The largest absolute Gasteiger partial charge is 0.489 e. The van der Waals surface area contributed by atoms with Crippen molar-refractivity contribution in [1.82, 2.24) is 15.6 Å². The summed E-state index contributed by atoms with van der Waals surface area (Å²) in [6, 6.07) is 9.82. The molecule has 8 heteroatoms. The first kappa shape index (κ1) is 22.4. The van der Waals surface area contributed by atoms with Crippen molar-refractivity contribution in [2.24, 2.45) is 4.99 Å². The number of hydrogen-bond donors (Lipinski definition) is 2. The summed E-state index contributed by atoms with van der Waals surface area (Å²) in [6.07, 6.45) is 2.43. The molecule has 1 aromatic carbocycles. The Balaban J connectivity index is 0.00000338. The quantitative estimate of drug-likeness (QED) is 0.268. The molecule has 26 heavy (non-hydrogen) atoms. The van der Waals surface area contributed by atoms with E-state index in [2.05, 4.69) is 20.6 Å². The van der Waals surface area contributed by atoms with Crippen molar-refractivity contribution in [2.45, 2.75) is 19.4 Å². The van der Waals surface area contributed by atoms with Gasteiger partial charge in [-0.1, -0.05) is 23.7 Å². The average Bonchev–Trinajstić information content (AvgIpc) is 2.59. The molecule has 0 spiro atoms. The maximum absolute atomic E-state index is 13.2. The topological polar surface area (TPSA) is 58.5 Å². The smallest absolute Gasteiger partial charge is 0.191 e. The number of ether oxygens (including phenoxy) is 1. The summed E-state index contributed by atoms with van der Waals surface area (Å²) in [5, 5.41) is 6.89. The van der Waals surface area contributed by atoms with Gasteiger partial charge in [-0.2, -0.15) is 0 Å². The van der Waals surface area contributed by atoms with E-state index in [-0.39, 0.29) is 35.9 Å². The second-order valence-electron chi connectivity index (χ2n) is 5.50. The van der Waals surface area contributed by atoms with Crippen LogP contribution in [-0.4, -0.2) is 37.2 Å². The third kappa shape index (κ3) is 8.18. The Labute approximate surface area is 175 Å². The molecule has 0 aliphatic heterocycles. The normalized spacial score (nSPS) is 12.1. The zero-order valence-corrected chi connectivity index (χ0v) is 17.8. The Morgan fingerprint density at radius 3 is 2.77 bits per heavy atom. The van der Waals surface area contributed by atoms with E-state index in [9.17, 15) is 4.39 Å². The number of aliphatic imine (C=N–C) groups is 1. The molecule has 0 fully saturated rings. The third-order valence-electron chi connectivity index (χ3n) is 3.41. The van der Waals surface area contributed by atoms with Crippen LogP contribution in [0.15, 0.2) is 47.6 Å². The molecule has 2 aromatic rings. The summed E-state index contributed by atoms with van der Waals surface area (Å²) < 4.78 is 18.8. The molecule has 0 aliphatic carbocycles. The zero-order valence-electron chi connectivity index (χ0n) is 14.7. The lowest BCUT2D eigenvalue weighted by atomic mass is 10.2. The maximum atomic E-state index is 13.2. The molecule has 0 amide bonds. The van der Waals surface area contributed by atoms with Gasteiger partial charge in [0.2, 0.25) is 0 Å². The summed E-state index contributed by atoms with van der Waals surface area (Å²) in [5.74, 6) is 0.871. The highest BCUT2D eigenvalue weighted by atomic mass is 127. The lowest BCUT2D eigenvalue weighted by Gasteiger charge is -2.17. The first-order valence-electron chi connectivity index (χ1n) is 8.04. The average molecular weight is 493 g/mol. The predicted molar refractivity (Wildman–Crippen MR) is 114 cm³/mol. The fraction of sp³-hybridized carbons (Fsp3) is 0.333. The van der Waals surface area contributed by atoms with Gasteiger partial charge in [0.05, 0.1) is 6.54 Å². The first-order chi connectivity index (χ1) is 12.1. The van der Waals surface area contributed by atoms with Crippen LogP contribution in [0.3, 0.4) is 0 Å². The van der Waals surface area contributed by atoms with Crippen LogP contribution >= 0.6 is 35.6 Å². The zero-order chi connectivity index (χ0) is 18.1. The Hall–Kier alpha value is -1.61. The summed E-state index contributed by atoms with van der Waals surface area (Å²) in [4.78, 5) is 8.22. The van der Waals surface area contributed by atoms with Crippen molar-refractivity contribution in [3.05, 3.63) is 59.1 Å². The van der Waals surface area contributed by atoms with Gasteiger partial charge >= 0.3 is 0 Å². The summed E-state index contributed by atoms with van der Waals surface area (Å²) in [5.41, 5.74) is 1.09. The van der Waals surface area contributed by atoms with Crippen molar-refractivity contribution in [1.29, 1.82) is 0 Å². The Kier molecular flexibility index (Phi) is 10.3. The highest BCUT2D eigenvalue weighted by molar-refractivity contribution is 14.0. The third-order valence-corrected chi connectivity index (χ3v) is 3.63. The number of halogens is 3. The van der Waals surface area contributed by atoms with E-state index in [1.54, 1.807) is 31.4 Å². The van der Waals surface area contributed by atoms with Crippen molar-refractivity contribution in [3.63, 3.8) is 0 Å². The van der Waals surface area contributed by atoms with Crippen molar-refractivity contribution < 1.29 is 9.13 Å². The van der Waals surface area contributed by atoms with Gasteiger partial charge < -0.3 is 15.4 Å². The molecular formula is C18H23ClFIN4O. The predicted octanol–water partition coefficient (Wildman–Crippen LogP) is 3.67. The summed E-state index contributed by atoms with van der Waals surface area (Å²) >= 11 is 5.77. The van der Waals surface area contributed by atoms with Crippen LogP contribution in [-0.2, 0) is 6.42 Å². The monoisotopic (exact) mass is 492 g/mol. The second-order valence-corrected chi connectivity index (χ2v) is 5.89. The molecule has 0 saturated carbocycles. The minimum atomic E-state index is -0.313. The fourth-order valence-electron chi connectivity index (χ4n) is 2.15. The van der Waals surface area contributed by atoms with E-state index in [0.717, 1.165) is 12.0 Å². The second kappa shape index (κ2) is 11.9. The number of nitrogens with zero attached hydrogens (tertiary/aromatic N) is 2. The molecule has 5 nitrogen and oxygen atoms in total. The van der Waals surface area contributed by atoms with E-state index >= 15 is 0 Å².